The third-order valence-corrected chi connectivity index (χ3v) is 3.47. The number of aromatic nitrogens is 1. The maximum absolute atomic E-state index is 12.7. The summed E-state index contributed by atoms with van der Waals surface area (Å²) in [6.07, 6.45) is 3.17. The van der Waals surface area contributed by atoms with E-state index in [9.17, 15) is 4.79 Å². The Hall–Kier alpha value is -2.40. The van der Waals surface area contributed by atoms with Crippen molar-refractivity contribution in [2.24, 2.45) is 5.73 Å². The van der Waals surface area contributed by atoms with Crippen molar-refractivity contribution in [2.45, 2.75) is 19.6 Å². The molecule has 5 heteroatoms. The Labute approximate surface area is 123 Å². The molecule has 1 aromatic heterocycles. The number of fused-ring (bicyclic) bond motifs is 1. The predicted octanol–water partition coefficient (Wildman–Crippen LogP) is 1.97. The molecule has 21 heavy (non-hydrogen) atoms. The van der Waals surface area contributed by atoms with E-state index in [2.05, 4.69) is 4.98 Å². The standard InChI is InChI=1S/C16H17N3O2/c1-11-10-19(16(20)13-3-2-6-18-9-13)14-5-4-12(8-17)7-15(14)21-11/h2-7,9,11H,8,10,17H2,1H3. The molecule has 1 atom stereocenters. The number of nitrogens with zero attached hydrogens (tertiary/aromatic N) is 2. The summed E-state index contributed by atoms with van der Waals surface area (Å²) in [5, 5.41) is 0. The lowest BCUT2D eigenvalue weighted by Gasteiger charge is -2.33. The first-order valence-corrected chi connectivity index (χ1v) is 6.90. The Bertz CT molecular complexity index is 658. The fourth-order valence-corrected chi connectivity index (χ4v) is 2.45. The van der Waals surface area contributed by atoms with Crippen LogP contribution in [0.25, 0.3) is 0 Å². The van der Waals surface area contributed by atoms with Gasteiger partial charge in [-0.25, -0.2) is 0 Å². The number of pyridine rings is 1. The van der Waals surface area contributed by atoms with E-state index in [4.69, 9.17) is 10.5 Å². The summed E-state index contributed by atoms with van der Waals surface area (Å²) >= 11 is 0. The van der Waals surface area contributed by atoms with Gasteiger partial charge >= 0.3 is 0 Å². The van der Waals surface area contributed by atoms with E-state index in [1.807, 2.05) is 25.1 Å². The molecule has 1 unspecified atom stereocenters. The number of benzene rings is 1. The Balaban J connectivity index is 1.99. The van der Waals surface area contributed by atoms with Crippen LogP contribution >= 0.6 is 0 Å². The number of amides is 1. The van der Waals surface area contributed by atoms with Crippen LogP contribution in [0.5, 0.6) is 5.75 Å². The van der Waals surface area contributed by atoms with E-state index in [-0.39, 0.29) is 12.0 Å². The summed E-state index contributed by atoms with van der Waals surface area (Å²) in [4.78, 5) is 18.4. The quantitative estimate of drug-likeness (QED) is 0.915. The Kier molecular flexibility index (Phi) is 3.58. The van der Waals surface area contributed by atoms with Crippen LogP contribution in [0.3, 0.4) is 0 Å². The van der Waals surface area contributed by atoms with E-state index >= 15 is 0 Å². The average Bonchev–Trinajstić information content (AvgIpc) is 2.53. The van der Waals surface area contributed by atoms with E-state index in [0.29, 0.717) is 24.4 Å². The molecule has 1 aliphatic heterocycles. The van der Waals surface area contributed by atoms with Crippen LogP contribution in [0.2, 0.25) is 0 Å². The molecular weight excluding hydrogens is 266 g/mol. The van der Waals surface area contributed by atoms with Crippen molar-refractivity contribution in [1.82, 2.24) is 4.98 Å². The third kappa shape index (κ3) is 2.60. The van der Waals surface area contributed by atoms with E-state index in [1.165, 1.54) is 0 Å². The second-order valence-corrected chi connectivity index (χ2v) is 5.09. The van der Waals surface area contributed by atoms with Gasteiger partial charge in [-0.05, 0) is 36.8 Å². The fourth-order valence-electron chi connectivity index (χ4n) is 2.45. The highest BCUT2D eigenvalue weighted by atomic mass is 16.5. The first-order valence-electron chi connectivity index (χ1n) is 6.90. The minimum absolute atomic E-state index is 0.0638. The van der Waals surface area contributed by atoms with E-state index in [1.54, 1.807) is 29.4 Å². The second kappa shape index (κ2) is 5.54. The smallest absolute Gasteiger partial charge is 0.260 e. The molecule has 0 bridgehead atoms. The van der Waals surface area contributed by atoms with E-state index < -0.39 is 0 Å². The van der Waals surface area contributed by atoms with Crippen LogP contribution in [-0.4, -0.2) is 23.5 Å². The van der Waals surface area contributed by atoms with Gasteiger partial charge in [0.25, 0.3) is 5.91 Å². The lowest BCUT2D eigenvalue weighted by Crippen LogP contribution is -2.42. The summed E-state index contributed by atoms with van der Waals surface area (Å²) in [5.74, 6) is 0.633. The van der Waals surface area contributed by atoms with Gasteiger partial charge in [0.05, 0.1) is 17.8 Å². The van der Waals surface area contributed by atoms with Crippen molar-refractivity contribution >= 4 is 11.6 Å². The lowest BCUT2D eigenvalue weighted by molar-refractivity contribution is 0.0960. The van der Waals surface area contributed by atoms with Crippen LogP contribution < -0.4 is 15.4 Å². The molecule has 1 aromatic carbocycles. The second-order valence-electron chi connectivity index (χ2n) is 5.09. The predicted molar refractivity (Wildman–Crippen MR) is 80.3 cm³/mol. The van der Waals surface area contributed by atoms with Gasteiger partial charge in [0.2, 0.25) is 0 Å². The van der Waals surface area contributed by atoms with Crippen LogP contribution in [-0.2, 0) is 6.54 Å². The van der Waals surface area contributed by atoms with Gasteiger partial charge < -0.3 is 15.4 Å². The summed E-state index contributed by atoms with van der Waals surface area (Å²) in [6.45, 7) is 2.91. The van der Waals surface area contributed by atoms with Gasteiger partial charge in [-0.2, -0.15) is 0 Å². The molecule has 0 saturated heterocycles. The average molecular weight is 283 g/mol. The van der Waals surface area contributed by atoms with Crippen LogP contribution in [0.4, 0.5) is 5.69 Å². The maximum Gasteiger partial charge on any atom is 0.260 e. The molecule has 0 aliphatic carbocycles. The van der Waals surface area contributed by atoms with Crippen molar-refractivity contribution in [3.8, 4) is 5.75 Å². The van der Waals surface area contributed by atoms with Crippen LogP contribution in [0.1, 0.15) is 22.8 Å². The van der Waals surface area contributed by atoms with E-state index in [0.717, 1.165) is 11.3 Å². The molecule has 0 saturated carbocycles. The molecular formula is C16H17N3O2. The zero-order valence-electron chi connectivity index (χ0n) is 11.8. The first kappa shape index (κ1) is 13.6. The Morgan fingerprint density at radius 3 is 3.05 bits per heavy atom. The zero-order valence-corrected chi connectivity index (χ0v) is 11.8. The summed E-state index contributed by atoms with van der Waals surface area (Å²) < 4.78 is 5.83. The van der Waals surface area contributed by atoms with Crippen molar-refractivity contribution in [3.63, 3.8) is 0 Å². The third-order valence-electron chi connectivity index (χ3n) is 3.47. The summed E-state index contributed by atoms with van der Waals surface area (Å²) in [5.41, 5.74) is 7.99. The highest BCUT2D eigenvalue weighted by molar-refractivity contribution is 6.07. The van der Waals surface area contributed by atoms with Gasteiger partial charge in [0.15, 0.2) is 0 Å². The number of carbonyl (C=O) groups excluding carboxylic acids is 1. The highest BCUT2D eigenvalue weighted by Crippen LogP contribution is 2.35. The SMILES string of the molecule is CC1CN(C(=O)c2cccnc2)c2ccc(CN)cc2O1. The number of nitrogens with two attached hydrogens (primary N) is 1. The van der Waals surface area contributed by atoms with Crippen molar-refractivity contribution < 1.29 is 9.53 Å². The molecule has 0 spiro atoms. The number of carbonyl (C=O) groups is 1. The molecule has 2 aromatic rings. The molecule has 108 valence electrons. The Morgan fingerprint density at radius 2 is 2.33 bits per heavy atom. The number of anilines is 1. The normalized spacial score (nSPS) is 17.0. The largest absolute Gasteiger partial charge is 0.487 e. The molecule has 5 nitrogen and oxygen atoms in total. The maximum atomic E-state index is 12.7. The fraction of sp³-hybridized carbons (Fsp3) is 0.250. The summed E-state index contributed by atoms with van der Waals surface area (Å²) in [6, 6.07) is 9.23. The summed E-state index contributed by atoms with van der Waals surface area (Å²) in [7, 11) is 0. The molecule has 2 N–H and O–H groups in total. The van der Waals surface area contributed by atoms with Crippen LogP contribution in [0, 0.1) is 0 Å². The first-order chi connectivity index (χ1) is 10.2. The molecule has 2 heterocycles. The highest BCUT2D eigenvalue weighted by Gasteiger charge is 2.28. The Morgan fingerprint density at radius 1 is 1.48 bits per heavy atom. The minimum atomic E-state index is -0.0694. The zero-order chi connectivity index (χ0) is 14.8. The van der Waals surface area contributed by atoms with Crippen molar-refractivity contribution in [3.05, 3.63) is 53.9 Å². The molecule has 0 radical (unpaired) electrons. The van der Waals surface area contributed by atoms with Gasteiger partial charge in [-0.15, -0.1) is 0 Å². The van der Waals surface area contributed by atoms with Gasteiger partial charge in [0.1, 0.15) is 11.9 Å². The number of ether oxygens (including phenoxy) is 1. The number of rotatable bonds is 2. The molecule has 3 rings (SSSR count). The monoisotopic (exact) mass is 283 g/mol. The van der Waals surface area contributed by atoms with Crippen LogP contribution in [0.15, 0.2) is 42.7 Å². The molecule has 1 aliphatic rings. The molecule has 0 fully saturated rings. The van der Waals surface area contributed by atoms with Gasteiger partial charge in [0, 0.05) is 18.9 Å². The number of hydrogen-bond donors (Lipinski definition) is 1. The van der Waals surface area contributed by atoms with Gasteiger partial charge in [-0.3, -0.25) is 9.78 Å². The van der Waals surface area contributed by atoms with Crippen molar-refractivity contribution in [2.75, 3.05) is 11.4 Å². The van der Waals surface area contributed by atoms with Gasteiger partial charge in [-0.1, -0.05) is 6.07 Å². The molecule has 1 amide bonds. The number of hydrogen-bond acceptors (Lipinski definition) is 4. The minimum Gasteiger partial charge on any atom is -0.487 e. The lowest BCUT2D eigenvalue weighted by atomic mass is 10.1. The van der Waals surface area contributed by atoms with Crippen molar-refractivity contribution in [1.29, 1.82) is 0 Å². The topological polar surface area (TPSA) is 68.5 Å².